The van der Waals surface area contributed by atoms with E-state index in [1.54, 1.807) is 12.4 Å². The lowest BCUT2D eigenvalue weighted by molar-refractivity contribution is -0.125. The second kappa shape index (κ2) is 19.4. The average Bonchev–Trinajstić information content (AvgIpc) is 4.02. The number of nitrogens with zero attached hydrogens (tertiary/aromatic N) is 3. The second-order valence-electron chi connectivity index (χ2n) is 12.6. The van der Waals surface area contributed by atoms with Gasteiger partial charge in [0.2, 0.25) is 6.41 Å². The SMILES string of the molecule is C=C1N(C(=O)/C(=C\C)NC/C(=C/C)N=C(c2ccccc2)C2CC2)CCC12CC2.CCC.CCC.O=CNCc1cc2cnccc2[nH]1. The number of carbonyl (C=O) groups is 2. The number of fused-ring (bicyclic) bond motifs is 1. The summed E-state index contributed by atoms with van der Waals surface area (Å²) in [5.74, 6) is 0.587. The number of allylic oxidation sites excluding steroid dienone is 3. The zero-order valence-electron chi connectivity index (χ0n) is 29.9. The van der Waals surface area contributed by atoms with Crippen LogP contribution in [0.4, 0.5) is 0 Å². The molecule has 3 N–H and O–H groups in total. The van der Waals surface area contributed by atoms with Crippen molar-refractivity contribution >= 4 is 28.9 Å². The third kappa shape index (κ3) is 10.8. The van der Waals surface area contributed by atoms with Crippen LogP contribution in [0.15, 0.2) is 95.7 Å². The molecule has 2 aliphatic carbocycles. The van der Waals surface area contributed by atoms with Gasteiger partial charge in [-0.05, 0) is 63.6 Å². The Morgan fingerprint density at radius 1 is 1.06 bits per heavy atom. The fourth-order valence-electron chi connectivity index (χ4n) is 5.43. The predicted molar refractivity (Wildman–Crippen MR) is 199 cm³/mol. The summed E-state index contributed by atoms with van der Waals surface area (Å²) < 4.78 is 0. The summed E-state index contributed by atoms with van der Waals surface area (Å²) in [7, 11) is 0. The Labute approximate surface area is 287 Å². The quantitative estimate of drug-likeness (QED) is 0.116. The van der Waals surface area contributed by atoms with Gasteiger partial charge in [-0.1, -0.05) is 89.6 Å². The first-order chi connectivity index (χ1) is 23.3. The number of carbonyl (C=O) groups excluding carboxylic acids is 2. The van der Waals surface area contributed by atoms with Crippen molar-refractivity contribution in [2.45, 2.75) is 93.0 Å². The molecule has 1 saturated heterocycles. The maximum atomic E-state index is 13.0. The van der Waals surface area contributed by atoms with Gasteiger partial charge in [0.1, 0.15) is 0 Å². The number of aliphatic imine (C=N–C) groups is 1. The van der Waals surface area contributed by atoms with E-state index < -0.39 is 0 Å². The summed E-state index contributed by atoms with van der Waals surface area (Å²) in [5.41, 5.74) is 7.20. The molecule has 3 aliphatic rings. The summed E-state index contributed by atoms with van der Waals surface area (Å²) >= 11 is 0. The highest BCUT2D eigenvalue weighted by Gasteiger charge is 2.52. The van der Waals surface area contributed by atoms with Crippen molar-refractivity contribution in [1.29, 1.82) is 0 Å². The molecule has 8 heteroatoms. The number of likely N-dealkylation sites (tertiary alicyclic amines) is 1. The molecule has 1 aliphatic heterocycles. The average molecular weight is 653 g/mol. The van der Waals surface area contributed by atoms with Crippen molar-refractivity contribution in [3.8, 4) is 0 Å². The number of hydrogen-bond acceptors (Lipinski definition) is 5. The standard InChI is InChI=1S/C25H31N3O.C9H9N3O.2C3H8/c1-4-21(27-23(20-11-12-20)19-9-7-6-8-10-19)17-26-22(5-2)24(29)28-16-15-25(13-14-25)18(28)3;13-6-11-5-8-3-7-4-10-2-1-9(7)12-8;2*1-3-2/h4-10,20,26H,3,11-17H2,1-2H3;1-4,6,12H,5H2,(H,11,13);2*3H2,1-2H3/b21-4-,22-5+,27-23?;;;. The van der Waals surface area contributed by atoms with Gasteiger partial charge in [-0.3, -0.25) is 19.6 Å². The number of amides is 2. The molecule has 3 fully saturated rings. The highest BCUT2D eigenvalue weighted by molar-refractivity contribution is 6.04. The molecule has 48 heavy (non-hydrogen) atoms. The van der Waals surface area contributed by atoms with E-state index in [0.29, 0.717) is 31.1 Å². The maximum absolute atomic E-state index is 13.0. The molecule has 0 unspecified atom stereocenters. The summed E-state index contributed by atoms with van der Waals surface area (Å²) in [6, 6.07) is 14.3. The number of rotatable bonds is 10. The molecule has 6 rings (SSSR count). The molecule has 1 spiro atoms. The van der Waals surface area contributed by atoms with Gasteiger partial charge in [0.05, 0.1) is 30.2 Å². The third-order valence-corrected chi connectivity index (χ3v) is 8.31. The van der Waals surface area contributed by atoms with E-state index in [4.69, 9.17) is 4.99 Å². The molecular formula is C40H56N6O2. The number of nitrogens with one attached hydrogen (secondary N) is 3. The minimum absolute atomic E-state index is 0.0335. The monoisotopic (exact) mass is 652 g/mol. The minimum Gasteiger partial charge on any atom is -0.375 e. The number of aromatic amines is 1. The first-order valence-corrected chi connectivity index (χ1v) is 17.6. The fourth-order valence-corrected chi connectivity index (χ4v) is 5.43. The van der Waals surface area contributed by atoms with Crippen LogP contribution < -0.4 is 10.6 Å². The topological polar surface area (TPSA) is 102 Å². The molecule has 0 radical (unpaired) electrons. The Kier molecular flexibility index (Phi) is 15.3. The van der Waals surface area contributed by atoms with Crippen molar-refractivity contribution in [2.75, 3.05) is 13.1 Å². The van der Waals surface area contributed by atoms with Crippen LogP contribution in [-0.4, -0.2) is 46.0 Å². The van der Waals surface area contributed by atoms with Gasteiger partial charge in [-0.25, -0.2) is 0 Å². The number of aromatic nitrogens is 2. The van der Waals surface area contributed by atoms with Crippen LogP contribution in [0, 0.1) is 11.3 Å². The summed E-state index contributed by atoms with van der Waals surface area (Å²) in [5, 5.41) is 6.99. The second-order valence-corrected chi connectivity index (χ2v) is 12.6. The number of pyridine rings is 1. The summed E-state index contributed by atoms with van der Waals surface area (Å²) in [6.07, 6.45) is 16.4. The fraction of sp³-hybridized carbons (Fsp3) is 0.450. The zero-order valence-corrected chi connectivity index (χ0v) is 29.9. The predicted octanol–water partition coefficient (Wildman–Crippen LogP) is 8.45. The Bertz CT molecular complexity index is 1530. The van der Waals surface area contributed by atoms with Crippen LogP contribution in [0.2, 0.25) is 0 Å². The lowest BCUT2D eigenvalue weighted by Gasteiger charge is -2.21. The van der Waals surface area contributed by atoms with Gasteiger partial charge in [0, 0.05) is 52.6 Å². The first kappa shape index (κ1) is 38.0. The molecule has 258 valence electrons. The van der Waals surface area contributed by atoms with E-state index in [1.165, 1.54) is 44.1 Å². The number of H-pyrrole nitrogens is 1. The maximum Gasteiger partial charge on any atom is 0.273 e. The Morgan fingerprint density at radius 2 is 1.75 bits per heavy atom. The molecule has 2 amide bonds. The Morgan fingerprint density at radius 3 is 2.29 bits per heavy atom. The van der Waals surface area contributed by atoms with E-state index in [0.717, 1.165) is 46.7 Å². The molecule has 2 saturated carbocycles. The lowest BCUT2D eigenvalue weighted by Crippen LogP contribution is -2.34. The van der Waals surface area contributed by atoms with Gasteiger partial charge in [0.15, 0.2) is 0 Å². The summed E-state index contributed by atoms with van der Waals surface area (Å²) in [6.45, 7) is 18.5. The van der Waals surface area contributed by atoms with Gasteiger partial charge in [0.25, 0.3) is 5.91 Å². The van der Waals surface area contributed by atoms with Crippen LogP contribution in [-0.2, 0) is 16.1 Å². The van der Waals surface area contributed by atoms with Crippen LogP contribution >= 0.6 is 0 Å². The molecular weight excluding hydrogens is 596 g/mol. The van der Waals surface area contributed by atoms with Gasteiger partial charge < -0.3 is 20.5 Å². The largest absolute Gasteiger partial charge is 0.375 e. The van der Waals surface area contributed by atoms with E-state index in [-0.39, 0.29) is 11.3 Å². The lowest BCUT2D eigenvalue weighted by atomic mass is 10.0. The van der Waals surface area contributed by atoms with Crippen LogP contribution in [0.5, 0.6) is 0 Å². The van der Waals surface area contributed by atoms with E-state index >= 15 is 0 Å². The first-order valence-electron chi connectivity index (χ1n) is 17.6. The summed E-state index contributed by atoms with van der Waals surface area (Å²) in [4.78, 5) is 37.1. The highest BCUT2D eigenvalue weighted by atomic mass is 16.2. The Hall–Kier alpha value is -4.46. The van der Waals surface area contributed by atoms with Gasteiger partial charge >= 0.3 is 0 Å². The number of benzene rings is 1. The molecule has 8 nitrogen and oxygen atoms in total. The molecule has 3 heterocycles. The Balaban J connectivity index is 0.000000272. The number of hydrogen-bond donors (Lipinski definition) is 3. The minimum atomic E-state index is 0.0335. The smallest absolute Gasteiger partial charge is 0.273 e. The molecule has 2 aromatic heterocycles. The zero-order chi connectivity index (χ0) is 34.9. The molecule has 3 aromatic rings. The molecule has 0 atom stereocenters. The van der Waals surface area contributed by atoms with E-state index in [9.17, 15) is 9.59 Å². The van der Waals surface area contributed by atoms with E-state index in [1.807, 2.05) is 49.1 Å². The normalized spacial score (nSPS) is 16.6. The van der Waals surface area contributed by atoms with Crippen molar-refractivity contribution in [2.24, 2.45) is 16.3 Å². The molecule has 0 bridgehead atoms. The van der Waals surface area contributed by atoms with Crippen molar-refractivity contribution in [3.05, 3.63) is 102 Å². The van der Waals surface area contributed by atoms with Crippen LogP contribution in [0.1, 0.15) is 97.7 Å². The highest BCUT2D eigenvalue weighted by Crippen LogP contribution is 2.58. The van der Waals surface area contributed by atoms with Crippen LogP contribution in [0.3, 0.4) is 0 Å². The molecule has 1 aromatic carbocycles. The van der Waals surface area contributed by atoms with Crippen molar-refractivity contribution < 1.29 is 9.59 Å². The van der Waals surface area contributed by atoms with Crippen molar-refractivity contribution in [1.82, 2.24) is 25.5 Å². The van der Waals surface area contributed by atoms with E-state index in [2.05, 4.69) is 79.1 Å². The van der Waals surface area contributed by atoms with Crippen LogP contribution in [0.25, 0.3) is 10.9 Å². The third-order valence-electron chi connectivity index (χ3n) is 8.31. The van der Waals surface area contributed by atoms with Crippen molar-refractivity contribution in [3.63, 3.8) is 0 Å². The van der Waals surface area contributed by atoms with Gasteiger partial charge in [-0.15, -0.1) is 0 Å². The van der Waals surface area contributed by atoms with Gasteiger partial charge in [-0.2, -0.15) is 0 Å².